The van der Waals surface area contributed by atoms with Gasteiger partial charge in [0.25, 0.3) is 0 Å². The highest BCUT2D eigenvalue weighted by Gasteiger charge is 2.31. The van der Waals surface area contributed by atoms with Gasteiger partial charge in [-0.25, -0.2) is 0 Å². The Balaban J connectivity index is 1.78. The number of hydrogen-bond acceptors (Lipinski definition) is 3. The smallest absolute Gasteiger partial charge is 0.249 e. The summed E-state index contributed by atoms with van der Waals surface area (Å²) in [5.74, 6) is 0.0360. The van der Waals surface area contributed by atoms with Crippen molar-refractivity contribution in [3.8, 4) is 0 Å². The van der Waals surface area contributed by atoms with Crippen LogP contribution in [0, 0.1) is 0 Å². The lowest BCUT2D eigenvalue weighted by atomic mass is 9.92. The van der Waals surface area contributed by atoms with Crippen molar-refractivity contribution in [3.63, 3.8) is 0 Å². The van der Waals surface area contributed by atoms with Gasteiger partial charge < -0.3 is 10.1 Å². The molecule has 1 saturated heterocycles. The number of amides is 1. The molecule has 3 rings (SSSR count). The van der Waals surface area contributed by atoms with Gasteiger partial charge in [0, 0.05) is 17.9 Å². The standard InChI is InChI=1S/C16H25N3O2/c1-16(2,3)19-13-7-4-6-12(11(13)10-17-19)18-15(20)14-8-5-9-21-14/h10,12,14H,4-9H2,1-3H3,(H,18,20)/t12-,14+/m0/s1. The number of ether oxygens (including phenoxy) is 1. The summed E-state index contributed by atoms with van der Waals surface area (Å²) >= 11 is 0. The molecule has 2 heterocycles. The lowest BCUT2D eigenvalue weighted by molar-refractivity contribution is -0.130. The topological polar surface area (TPSA) is 56.2 Å². The molecule has 0 saturated carbocycles. The van der Waals surface area contributed by atoms with Crippen LogP contribution in [-0.4, -0.2) is 28.4 Å². The van der Waals surface area contributed by atoms with Gasteiger partial charge in [0.2, 0.25) is 5.91 Å². The van der Waals surface area contributed by atoms with Crippen LogP contribution in [0.3, 0.4) is 0 Å². The summed E-state index contributed by atoms with van der Waals surface area (Å²) in [4.78, 5) is 12.3. The third-order valence-electron chi connectivity index (χ3n) is 4.36. The molecule has 0 radical (unpaired) electrons. The van der Waals surface area contributed by atoms with E-state index < -0.39 is 0 Å². The van der Waals surface area contributed by atoms with Gasteiger partial charge in [-0.1, -0.05) is 0 Å². The van der Waals surface area contributed by atoms with Crippen molar-refractivity contribution in [2.45, 2.75) is 70.6 Å². The van der Waals surface area contributed by atoms with Crippen molar-refractivity contribution in [1.82, 2.24) is 15.1 Å². The van der Waals surface area contributed by atoms with Gasteiger partial charge >= 0.3 is 0 Å². The molecule has 0 spiro atoms. The molecule has 0 unspecified atom stereocenters. The molecule has 0 bridgehead atoms. The van der Waals surface area contributed by atoms with Crippen LogP contribution in [0.5, 0.6) is 0 Å². The zero-order valence-electron chi connectivity index (χ0n) is 13.2. The van der Waals surface area contributed by atoms with E-state index in [1.165, 1.54) is 11.3 Å². The number of carbonyl (C=O) groups excluding carboxylic acids is 1. The highest BCUT2D eigenvalue weighted by atomic mass is 16.5. The number of rotatable bonds is 2. The second-order valence-corrected chi connectivity index (χ2v) is 7.08. The Hall–Kier alpha value is -1.36. The van der Waals surface area contributed by atoms with Crippen molar-refractivity contribution in [2.75, 3.05) is 6.61 Å². The number of aromatic nitrogens is 2. The minimum atomic E-state index is -0.256. The predicted octanol–water partition coefficient (Wildman–Crippen LogP) is 2.31. The molecule has 0 aromatic carbocycles. The van der Waals surface area contributed by atoms with E-state index in [1.54, 1.807) is 0 Å². The van der Waals surface area contributed by atoms with Crippen molar-refractivity contribution in [2.24, 2.45) is 0 Å². The van der Waals surface area contributed by atoms with Gasteiger partial charge in [-0.2, -0.15) is 5.10 Å². The second kappa shape index (κ2) is 5.44. The van der Waals surface area contributed by atoms with Crippen molar-refractivity contribution >= 4 is 5.91 Å². The molecule has 21 heavy (non-hydrogen) atoms. The van der Waals surface area contributed by atoms with Crippen LogP contribution in [0.25, 0.3) is 0 Å². The van der Waals surface area contributed by atoms with E-state index in [2.05, 4.69) is 35.9 Å². The number of nitrogens with one attached hydrogen (secondary N) is 1. The van der Waals surface area contributed by atoms with Gasteiger partial charge in [-0.15, -0.1) is 0 Å². The summed E-state index contributed by atoms with van der Waals surface area (Å²) in [5.41, 5.74) is 2.43. The summed E-state index contributed by atoms with van der Waals surface area (Å²) in [7, 11) is 0. The van der Waals surface area contributed by atoms with Crippen molar-refractivity contribution in [1.29, 1.82) is 0 Å². The van der Waals surface area contributed by atoms with E-state index in [1.807, 2.05) is 6.20 Å². The molecule has 1 N–H and O–H groups in total. The van der Waals surface area contributed by atoms with E-state index in [9.17, 15) is 4.79 Å². The quantitative estimate of drug-likeness (QED) is 0.909. The molecule has 1 aliphatic carbocycles. The predicted molar refractivity (Wildman–Crippen MR) is 80.0 cm³/mol. The third kappa shape index (κ3) is 2.84. The molecule has 2 atom stereocenters. The monoisotopic (exact) mass is 291 g/mol. The lowest BCUT2D eigenvalue weighted by Gasteiger charge is -2.28. The van der Waals surface area contributed by atoms with E-state index in [4.69, 9.17) is 4.74 Å². The molecule has 5 nitrogen and oxygen atoms in total. The SMILES string of the molecule is CC(C)(C)n1ncc2c1CCC[C@@H]2NC(=O)[C@H]1CCCO1. The summed E-state index contributed by atoms with van der Waals surface area (Å²) < 4.78 is 7.57. The number of fused-ring (bicyclic) bond motifs is 1. The van der Waals surface area contributed by atoms with Crippen LogP contribution in [0.1, 0.15) is 63.8 Å². The van der Waals surface area contributed by atoms with Gasteiger partial charge in [0.15, 0.2) is 0 Å². The first kappa shape index (κ1) is 14.6. The highest BCUT2D eigenvalue weighted by Crippen LogP contribution is 2.32. The molecule has 1 aliphatic heterocycles. The number of carbonyl (C=O) groups is 1. The Morgan fingerprint density at radius 2 is 2.19 bits per heavy atom. The largest absolute Gasteiger partial charge is 0.368 e. The molecular formula is C16H25N3O2. The first-order chi connectivity index (χ1) is 9.97. The maximum Gasteiger partial charge on any atom is 0.249 e. The molecule has 5 heteroatoms. The Labute approximate surface area is 126 Å². The third-order valence-corrected chi connectivity index (χ3v) is 4.36. The molecule has 1 aromatic heterocycles. The van der Waals surface area contributed by atoms with Gasteiger partial charge in [-0.3, -0.25) is 9.48 Å². The fourth-order valence-electron chi connectivity index (χ4n) is 3.33. The number of hydrogen-bond donors (Lipinski definition) is 1. The first-order valence-electron chi connectivity index (χ1n) is 7.96. The molecule has 116 valence electrons. The van der Waals surface area contributed by atoms with Crippen LogP contribution < -0.4 is 5.32 Å². The minimum absolute atomic E-state index is 0.0198. The number of nitrogens with zero attached hydrogens (tertiary/aromatic N) is 2. The zero-order valence-corrected chi connectivity index (χ0v) is 13.2. The van der Waals surface area contributed by atoms with Crippen LogP contribution in [0.15, 0.2) is 6.20 Å². The molecule has 1 amide bonds. The average Bonchev–Trinajstić information content (AvgIpc) is 3.07. The average molecular weight is 291 g/mol. The van der Waals surface area contributed by atoms with Crippen molar-refractivity contribution < 1.29 is 9.53 Å². The Morgan fingerprint density at radius 1 is 1.38 bits per heavy atom. The van der Waals surface area contributed by atoms with E-state index >= 15 is 0 Å². The maximum absolute atomic E-state index is 12.3. The fourth-order valence-corrected chi connectivity index (χ4v) is 3.33. The van der Waals surface area contributed by atoms with Crippen LogP contribution >= 0.6 is 0 Å². The van der Waals surface area contributed by atoms with E-state index in [-0.39, 0.29) is 23.6 Å². The van der Waals surface area contributed by atoms with Crippen LogP contribution in [0.2, 0.25) is 0 Å². The summed E-state index contributed by atoms with van der Waals surface area (Å²) in [6, 6.07) is 0.0848. The van der Waals surface area contributed by atoms with E-state index in [0.29, 0.717) is 6.61 Å². The molecule has 1 aromatic rings. The Kier molecular flexibility index (Phi) is 3.78. The normalized spacial score (nSPS) is 25.7. The first-order valence-corrected chi connectivity index (χ1v) is 7.96. The zero-order chi connectivity index (χ0) is 15.0. The van der Waals surface area contributed by atoms with Crippen LogP contribution in [-0.2, 0) is 21.5 Å². The summed E-state index contributed by atoms with van der Waals surface area (Å²) in [6.07, 6.45) is 6.61. The Morgan fingerprint density at radius 3 is 2.86 bits per heavy atom. The summed E-state index contributed by atoms with van der Waals surface area (Å²) in [5, 5.41) is 7.72. The molecular weight excluding hydrogens is 266 g/mol. The summed E-state index contributed by atoms with van der Waals surface area (Å²) in [6.45, 7) is 7.19. The maximum atomic E-state index is 12.3. The Bertz CT molecular complexity index is 524. The van der Waals surface area contributed by atoms with Gasteiger partial charge in [0.1, 0.15) is 6.10 Å². The van der Waals surface area contributed by atoms with Gasteiger partial charge in [0.05, 0.1) is 17.8 Å². The van der Waals surface area contributed by atoms with Crippen molar-refractivity contribution in [3.05, 3.63) is 17.5 Å². The molecule has 2 aliphatic rings. The van der Waals surface area contributed by atoms with E-state index in [0.717, 1.165) is 32.1 Å². The molecule has 1 fully saturated rings. The minimum Gasteiger partial charge on any atom is -0.368 e. The van der Waals surface area contributed by atoms with Gasteiger partial charge in [-0.05, 0) is 52.9 Å². The fraction of sp³-hybridized carbons (Fsp3) is 0.750. The second-order valence-electron chi connectivity index (χ2n) is 7.08. The van der Waals surface area contributed by atoms with Crippen LogP contribution in [0.4, 0.5) is 0 Å². The highest BCUT2D eigenvalue weighted by molar-refractivity contribution is 5.81. The lowest BCUT2D eigenvalue weighted by Crippen LogP contribution is -2.38.